The van der Waals surface area contributed by atoms with Gasteiger partial charge in [0.15, 0.2) is 0 Å². The monoisotopic (exact) mass is 318 g/mol. The number of aryl methyl sites for hydroxylation is 1. The van der Waals surface area contributed by atoms with Gasteiger partial charge in [0, 0.05) is 0 Å². The van der Waals surface area contributed by atoms with E-state index in [0.717, 1.165) is 6.42 Å². The number of fused-ring (bicyclic) bond motifs is 1. The lowest BCUT2D eigenvalue weighted by Crippen LogP contribution is -2.16. The van der Waals surface area contributed by atoms with Crippen LogP contribution >= 0.6 is 0 Å². The zero-order valence-corrected chi connectivity index (χ0v) is 16.2. The van der Waals surface area contributed by atoms with Crippen molar-refractivity contribution in [1.82, 2.24) is 0 Å². The molecule has 0 saturated heterocycles. The van der Waals surface area contributed by atoms with Crippen molar-refractivity contribution < 1.29 is 0 Å². The minimum Gasteiger partial charge on any atom is -0.0795 e. The van der Waals surface area contributed by atoms with Crippen molar-refractivity contribution in [3.05, 3.63) is 64.2 Å². The fourth-order valence-corrected chi connectivity index (χ4v) is 3.43. The zero-order chi connectivity index (χ0) is 17.7. The molecule has 0 N–H and O–H groups in total. The van der Waals surface area contributed by atoms with Crippen LogP contribution in [0, 0.1) is 6.92 Å². The third kappa shape index (κ3) is 3.20. The van der Waals surface area contributed by atoms with Gasteiger partial charge in [0.1, 0.15) is 0 Å². The Hall–Kier alpha value is -1.82. The number of benzene rings is 2. The maximum atomic E-state index is 2.40. The molecule has 1 aliphatic carbocycles. The van der Waals surface area contributed by atoms with Crippen LogP contribution in [-0.2, 0) is 17.3 Å². The van der Waals surface area contributed by atoms with Crippen molar-refractivity contribution in [3.8, 4) is 11.1 Å². The Bertz CT molecular complexity index is 773. The van der Waals surface area contributed by atoms with Crippen molar-refractivity contribution in [1.29, 1.82) is 0 Å². The summed E-state index contributed by atoms with van der Waals surface area (Å²) >= 11 is 0. The van der Waals surface area contributed by atoms with Crippen LogP contribution < -0.4 is 0 Å². The lowest BCUT2D eigenvalue weighted by atomic mass is 9.78. The topological polar surface area (TPSA) is 0 Å². The van der Waals surface area contributed by atoms with Crippen LogP contribution in [0.15, 0.2) is 36.4 Å². The highest BCUT2D eigenvalue weighted by Gasteiger charge is 2.22. The smallest absolute Gasteiger partial charge is 0.00878 e. The lowest BCUT2D eigenvalue weighted by molar-refractivity contribution is 0.569. The molecule has 2 aromatic carbocycles. The van der Waals surface area contributed by atoms with Gasteiger partial charge in [-0.25, -0.2) is 0 Å². The molecule has 0 fully saturated rings. The second kappa shape index (κ2) is 5.62. The first-order valence-electron chi connectivity index (χ1n) is 9.02. The van der Waals surface area contributed by atoms with Gasteiger partial charge in [-0.2, -0.15) is 0 Å². The Balaban J connectivity index is 2.27. The zero-order valence-electron chi connectivity index (χ0n) is 16.2. The Morgan fingerprint density at radius 2 is 1.33 bits per heavy atom. The molecule has 0 bridgehead atoms. The van der Waals surface area contributed by atoms with E-state index in [0.29, 0.717) is 0 Å². The third-order valence-corrected chi connectivity index (χ3v) is 5.01. The lowest BCUT2D eigenvalue weighted by Gasteiger charge is -2.26. The van der Waals surface area contributed by atoms with E-state index in [2.05, 4.69) is 91.0 Å². The Labute approximate surface area is 147 Å². The van der Waals surface area contributed by atoms with E-state index >= 15 is 0 Å². The third-order valence-electron chi connectivity index (χ3n) is 5.01. The molecule has 2 aromatic rings. The molecule has 0 spiro atoms. The quantitative estimate of drug-likeness (QED) is 0.541. The summed E-state index contributed by atoms with van der Waals surface area (Å²) in [6, 6.07) is 11.9. The first-order chi connectivity index (χ1) is 11.1. The molecule has 0 heteroatoms. The molecular formula is C24H30. The SMILES string of the molecule is Cc1cc2c(c(-c3cc(C(C)(C)C)cc(C(C)(C)C)c3)c1)C=CC2. The summed E-state index contributed by atoms with van der Waals surface area (Å²) in [5, 5.41) is 0. The summed E-state index contributed by atoms with van der Waals surface area (Å²) in [6.07, 6.45) is 5.64. The van der Waals surface area contributed by atoms with E-state index in [-0.39, 0.29) is 10.8 Å². The highest BCUT2D eigenvalue weighted by atomic mass is 14.3. The van der Waals surface area contributed by atoms with Crippen LogP contribution in [0.3, 0.4) is 0 Å². The number of hydrogen-bond donors (Lipinski definition) is 0. The molecule has 0 aliphatic heterocycles. The van der Waals surface area contributed by atoms with Gasteiger partial charge in [0.05, 0.1) is 0 Å². The highest BCUT2D eigenvalue weighted by molar-refractivity contribution is 5.81. The number of hydrogen-bond acceptors (Lipinski definition) is 0. The largest absolute Gasteiger partial charge is 0.0795 e. The van der Waals surface area contributed by atoms with E-state index in [4.69, 9.17) is 0 Å². The first kappa shape index (κ1) is 17.0. The van der Waals surface area contributed by atoms with Crippen molar-refractivity contribution in [2.24, 2.45) is 0 Å². The van der Waals surface area contributed by atoms with Gasteiger partial charge in [0.25, 0.3) is 0 Å². The van der Waals surface area contributed by atoms with Crippen molar-refractivity contribution in [2.75, 3.05) is 0 Å². The average Bonchev–Trinajstić information content (AvgIpc) is 2.92. The average molecular weight is 319 g/mol. The minimum atomic E-state index is 0.152. The molecular weight excluding hydrogens is 288 g/mol. The molecule has 0 aromatic heterocycles. The molecule has 3 rings (SSSR count). The molecule has 1 aliphatic rings. The predicted molar refractivity (Wildman–Crippen MR) is 107 cm³/mol. The van der Waals surface area contributed by atoms with Crippen LogP contribution in [-0.4, -0.2) is 0 Å². The first-order valence-corrected chi connectivity index (χ1v) is 9.02. The minimum absolute atomic E-state index is 0.152. The van der Waals surface area contributed by atoms with E-state index < -0.39 is 0 Å². The van der Waals surface area contributed by atoms with Gasteiger partial charge in [0.2, 0.25) is 0 Å². The molecule has 0 heterocycles. The van der Waals surface area contributed by atoms with Crippen molar-refractivity contribution >= 4 is 6.08 Å². The second-order valence-corrected chi connectivity index (χ2v) is 9.29. The van der Waals surface area contributed by atoms with Gasteiger partial charge in [-0.1, -0.05) is 89.6 Å². The van der Waals surface area contributed by atoms with Crippen LogP contribution in [0.5, 0.6) is 0 Å². The summed E-state index contributed by atoms with van der Waals surface area (Å²) in [5.74, 6) is 0. The Morgan fingerprint density at radius 1 is 0.750 bits per heavy atom. The second-order valence-electron chi connectivity index (χ2n) is 9.29. The van der Waals surface area contributed by atoms with Gasteiger partial charge in [-0.3, -0.25) is 0 Å². The van der Waals surface area contributed by atoms with Gasteiger partial charge < -0.3 is 0 Å². The normalized spacial score (nSPS) is 14.1. The summed E-state index contributed by atoms with van der Waals surface area (Å²) in [4.78, 5) is 0. The molecule has 0 nitrogen and oxygen atoms in total. The molecule has 0 atom stereocenters. The summed E-state index contributed by atoms with van der Waals surface area (Å²) in [7, 11) is 0. The van der Waals surface area contributed by atoms with Crippen LogP contribution in [0.2, 0.25) is 0 Å². The summed E-state index contributed by atoms with van der Waals surface area (Å²) in [6.45, 7) is 16.0. The fraction of sp³-hybridized carbons (Fsp3) is 0.417. The maximum Gasteiger partial charge on any atom is -0.00878 e. The Kier molecular flexibility index (Phi) is 3.98. The van der Waals surface area contributed by atoms with E-state index in [9.17, 15) is 0 Å². The molecule has 24 heavy (non-hydrogen) atoms. The van der Waals surface area contributed by atoms with Crippen molar-refractivity contribution in [2.45, 2.75) is 65.7 Å². The molecule has 0 saturated carbocycles. The summed E-state index contributed by atoms with van der Waals surface area (Å²) in [5.41, 5.74) is 10.1. The molecule has 126 valence electrons. The summed E-state index contributed by atoms with van der Waals surface area (Å²) < 4.78 is 0. The highest BCUT2D eigenvalue weighted by Crippen LogP contribution is 2.37. The van der Waals surface area contributed by atoms with Crippen molar-refractivity contribution in [3.63, 3.8) is 0 Å². The predicted octanol–water partition coefficient (Wildman–Crippen LogP) is 6.83. The van der Waals surface area contributed by atoms with Gasteiger partial charge in [-0.05, 0) is 57.6 Å². The Morgan fingerprint density at radius 3 is 1.88 bits per heavy atom. The standard InChI is InChI=1S/C24H30/c1-16-11-17-9-8-10-21(17)22(12-16)18-13-19(23(2,3)4)15-20(14-18)24(5,6)7/h8,10-15H,9H2,1-7H3. The van der Waals surface area contributed by atoms with E-state index in [1.165, 1.54) is 38.9 Å². The maximum absolute atomic E-state index is 2.40. The number of rotatable bonds is 1. The van der Waals surface area contributed by atoms with Crippen LogP contribution in [0.4, 0.5) is 0 Å². The number of allylic oxidation sites excluding steroid dienone is 1. The van der Waals surface area contributed by atoms with Crippen LogP contribution in [0.1, 0.15) is 69.4 Å². The van der Waals surface area contributed by atoms with Crippen LogP contribution in [0.25, 0.3) is 17.2 Å². The van der Waals surface area contributed by atoms with Gasteiger partial charge >= 0.3 is 0 Å². The van der Waals surface area contributed by atoms with E-state index in [1.807, 2.05) is 0 Å². The van der Waals surface area contributed by atoms with E-state index in [1.54, 1.807) is 0 Å². The fourth-order valence-electron chi connectivity index (χ4n) is 3.43. The molecule has 0 amide bonds. The molecule has 0 unspecified atom stereocenters. The molecule has 0 radical (unpaired) electrons. The van der Waals surface area contributed by atoms with Gasteiger partial charge in [-0.15, -0.1) is 0 Å².